The molecule has 6 nitrogen and oxygen atoms in total. The van der Waals surface area contributed by atoms with Crippen LogP contribution in [0.1, 0.15) is 88.2 Å². The van der Waals surface area contributed by atoms with Crippen LogP contribution in [0, 0.1) is 17.3 Å². The first-order valence-electron chi connectivity index (χ1n) is 13.7. The van der Waals surface area contributed by atoms with Crippen molar-refractivity contribution in [3.63, 3.8) is 0 Å². The summed E-state index contributed by atoms with van der Waals surface area (Å²) >= 11 is 0. The molecule has 1 aromatic heterocycles. The lowest BCUT2D eigenvalue weighted by molar-refractivity contribution is -0.128. The van der Waals surface area contributed by atoms with Gasteiger partial charge >= 0.3 is 6.09 Å². The van der Waals surface area contributed by atoms with Gasteiger partial charge in [-0.15, -0.1) is 0 Å². The molecule has 0 spiro atoms. The number of carbonyl (C=O) groups is 2. The second-order valence-electron chi connectivity index (χ2n) is 12.0. The molecule has 0 bridgehead atoms. The highest BCUT2D eigenvalue weighted by atomic mass is 16.4. The van der Waals surface area contributed by atoms with Crippen LogP contribution < -0.4 is 0 Å². The van der Waals surface area contributed by atoms with Gasteiger partial charge in [0.2, 0.25) is 0 Å². The molecule has 1 aliphatic carbocycles. The molecule has 3 aliphatic rings. The Kier molecular flexibility index (Phi) is 6.80. The molecule has 1 saturated carbocycles. The second kappa shape index (κ2) is 9.87. The summed E-state index contributed by atoms with van der Waals surface area (Å²) in [5, 5.41) is 9.54. The van der Waals surface area contributed by atoms with E-state index in [2.05, 4.69) is 43.5 Å². The number of benzene rings is 1. The summed E-state index contributed by atoms with van der Waals surface area (Å²) in [5.41, 5.74) is 6.25. The maximum atomic E-state index is 13.2. The molecule has 5 rings (SSSR count). The lowest BCUT2D eigenvalue weighted by Gasteiger charge is -2.38. The van der Waals surface area contributed by atoms with Crippen molar-refractivity contribution in [1.82, 2.24) is 14.5 Å². The number of rotatable bonds is 4. The quantitative estimate of drug-likeness (QED) is 0.502. The maximum absolute atomic E-state index is 13.2. The predicted molar refractivity (Wildman–Crippen MR) is 141 cm³/mol. The van der Waals surface area contributed by atoms with Gasteiger partial charge in [0.05, 0.1) is 17.1 Å². The summed E-state index contributed by atoms with van der Waals surface area (Å²) in [5.74, 6) is 0.469. The van der Waals surface area contributed by atoms with Crippen LogP contribution in [-0.2, 0) is 24.1 Å². The SMILES string of the molecule is CC(C)(C)C1CCN(C(=O)O)C(=O)C1=Cc1ncn2c1CCc1cc(CCC3CCCCC3)ccc1-2. The third-order valence-corrected chi connectivity index (χ3v) is 8.58. The third kappa shape index (κ3) is 4.87. The Morgan fingerprint density at radius 1 is 1.14 bits per heavy atom. The molecule has 2 fully saturated rings. The molecule has 2 aromatic rings. The predicted octanol–water partition coefficient (Wildman–Crippen LogP) is 6.44. The van der Waals surface area contributed by atoms with Crippen molar-refractivity contribution < 1.29 is 14.7 Å². The number of fused-ring (bicyclic) bond motifs is 3. The van der Waals surface area contributed by atoms with Crippen molar-refractivity contribution in [2.24, 2.45) is 17.3 Å². The summed E-state index contributed by atoms with van der Waals surface area (Å²) in [6, 6.07) is 6.87. The molecule has 1 atom stereocenters. The van der Waals surface area contributed by atoms with Gasteiger partial charge in [-0.05, 0) is 72.6 Å². The molecule has 36 heavy (non-hydrogen) atoms. The molecule has 1 aromatic carbocycles. The highest BCUT2D eigenvalue weighted by Gasteiger charge is 2.40. The zero-order chi connectivity index (χ0) is 25.4. The number of carboxylic acid groups (broad SMARTS) is 1. The van der Waals surface area contributed by atoms with Crippen LogP contribution in [0.2, 0.25) is 0 Å². The molecule has 2 amide bonds. The van der Waals surface area contributed by atoms with Gasteiger partial charge in [0.1, 0.15) is 6.33 Å². The maximum Gasteiger partial charge on any atom is 0.414 e. The standard InChI is InChI=1S/C30H39N3O3/c1-30(2,3)24-15-16-32(29(35)36)28(34)23(24)18-25-27-14-12-22-17-21(10-9-20-7-5-4-6-8-20)11-13-26(22)33(27)19-31-25/h11,13,17-20,24H,4-10,12,14-16H2,1-3H3,(H,35,36). The lowest BCUT2D eigenvalue weighted by atomic mass is 9.72. The molecular weight excluding hydrogens is 450 g/mol. The average molecular weight is 490 g/mol. The minimum atomic E-state index is -1.18. The minimum Gasteiger partial charge on any atom is -0.465 e. The van der Waals surface area contributed by atoms with E-state index >= 15 is 0 Å². The third-order valence-electron chi connectivity index (χ3n) is 8.58. The fraction of sp³-hybridized carbons (Fsp3) is 0.567. The molecule has 1 saturated heterocycles. The van der Waals surface area contributed by atoms with E-state index in [9.17, 15) is 14.7 Å². The molecule has 2 aliphatic heterocycles. The van der Waals surface area contributed by atoms with E-state index in [1.807, 2.05) is 12.4 Å². The van der Waals surface area contributed by atoms with Crippen LogP contribution in [0.3, 0.4) is 0 Å². The van der Waals surface area contributed by atoms with Crippen LogP contribution >= 0.6 is 0 Å². The number of aryl methyl sites for hydroxylation is 2. The number of hydrogen-bond donors (Lipinski definition) is 1. The summed E-state index contributed by atoms with van der Waals surface area (Å²) < 4.78 is 2.16. The number of aromatic nitrogens is 2. The second-order valence-corrected chi connectivity index (χ2v) is 12.0. The summed E-state index contributed by atoms with van der Waals surface area (Å²) in [6.45, 7) is 6.57. The topological polar surface area (TPSA) is 75.4 Å². The van der Waals surface area contributed by atoms with Crippen molar-refractivity contribution in [3.05, 3.63) is 52.6 Å². The average Bonchev–Trinajstić information content (AvgIpc) is 3.26. The van der Waals surface area contributed by atoms with E-state index in [-0.39, 0.29) is 17.9 Å². The van der Waals surface area contributed by atoms with Crippen LogP contribution in [0.15, 0.2) is 30.1 Å². The minimum absolute atomic E-state index is 0.0134. The first kappa shape index (κ1) is 24.8. The Bertz CT molecular complexity index is 1180. The number of carbonyl (C=O) groups excluding carboxylic acids is 1. The van der Waals surface area contributed by atoms with Crippen molar-refractivity contribution in [2.45, 2.75) is 85.0 Å². The monoisotopic (exact) mass is 489 g/mol. The van der Waals surface area contributed by atoms with Crippen LogP contribution in [0.5, 0.6) is 0 Å². The summed E-state index contributed by atoms with van der Waals surface area (Å²) in [7, 11) is 0. The molecule has 1 N–H and O–H groups in total. The highest BCUT2D eigenvalue weighted by Crippen LogP contribution is 2.40. The van der Waals surface area contributed by atoms with Crippen molar-refractivity contribution >= 4 is 18.1 Å². The highest BCUT2D eigenvalue weighted by molar-refractivity contribution is 6.06. The molecule has 0 radical (unpaired) electrons. The number of likely N-dealkylation sites (tertiary alicyclic amines) is 1. The summed E-state index contributed by atoms with van der Waals surface area (Å²) in [4.78, 5) is 30.5. The Morgan fingerprint density at radius 3 is 2.64 bits per heavy atom. The van der Waals surface area contributed by atoms with Crippen LogP contribution in [0.4, 0.5) is 4.79 Å². The Balaban J connectivity index is 1.41. The number of imide groups is 1. The van der Waals surface area contributed by atoms with Gasteiger partial charge in [-0.3, -0.25) is 4.79 Å². The fourth-order valence-electron chi connectivity index (χ4n) is 6.51. The van der Waals surface area contributed by atoms with E-state index in [0.717, 1.165) is 41.5 Å². The normalized spacial score (nSPS) is 22.0. The van der Waals surface area contributed by atoms with Gasteiger partial charge in [0.25, 0.3) is 5.91 Å². The van der Waals surface area contributed by atoms with E-state index < -0.39 is 12.0 Å². The van der Waals surface area contributed by atoms with Crippen molar-refractivity contribution in [1.29, 1.82) is 0 Å². The lowest BCUT2D eigenvalue weighted by Crippen LogP contribution is -2.46. The first-order chi connectivity index (χ1) is 17.2. The van der Waals surface area contributed by atoms with E-state index in [0.29, 0.717) is 12.0 Å². The number of amides is 2. The smallest absolute Gasteiger partial charge is 0.414 e. The Morgan fingerprint density at radius 2 is 1.92 bits per heavy atom. The zero-order valence-electron chi connectivity index (χ0n) is 21.9. The van der Waals surface area contributed by atoms with Gasteiger partial charge in [-0.2, -0.15) is 0 Å². The van der Waals surface area contributed by atoms with E-state index in [4.69, 9.17) is 4.98 Å². The Hall–Kier alpha value is -2.89. The number of nitrogens with zero attached hydrogens (tertiary/aromatic N) is 3. The van der Waals surface area contributed by atoms with Crippen LogP contribution in [0.25, 0.3) is 11.8 Å². The zero-order valence-corrected chi connectivity index (χ0v) is 21.9. The van der Waals surface area contributed by atoms with Gasteiger partial charge in [-0.25, -0.2) is 14.7 Å². The summed E-state index contributed by atoms with van der Waals surface area (Å²) in [6.07, 6.45) is 14.4. The molecule has 1 unspecified atom stereocenters. The molecular formula is C30H39N3O3. The molecule has 3 heterocycles. The van der Waals surface area contributed by atoms with Gasteiger partial charge in [0, 0.05) is 12.1 Å². The largest absolute Gasteiger partial charge is 0.465 e. The van der Waals surface area contributed by atoms with Gasteiger partial charge in [0.15, 0.2) is 0 Å². The van der Waals surface area contributed by atoms with Gasteiger partial charge < -0.3 is 9.67 Å². The van der Waals surface area contributed by atoms with E-state index in [1.165, 1.54) is 55.3 Å². The fourth-order valence-corrected chi connectivity index (χ4v) is 6.51. The molecule has 192 valence electrons. The van der Waals surface area contributed by atoms with E-state index in [1.54, 1.807) is 0 Å². The van der Waals surface area contributed by atoms with Crippen molar-refractivity contribution in [3.8, 4) is 5.69 Å². The molecule has 6 heteroatoms. The first-order valence-corrected chi connectivity index (χ1v) is 13.7. The van der Waals surface area contributed by atoms with Crippen molar-refractivity contribution in [2.75, 3.05) is 6.54 Å². The number of hydrogen-bond acceptors (Lipinski definition) is 3. The van der Waals surface area contributed by atoms with Crippen LogP contribution in [-0.4, -0.2) is 38.1 Å². The number of piperidine rings is 1. The van der Waals surface area contributed by atoms with Gasteiger partial charge in [-0.1, -0.05) is 65.0 Å². The Labute approximate surface area is 214 Å². The number of imidazole rings is 1.